The topological polar surface area (TPSA) is 46.2 Å². The van der Waals surface area contributed by atoms with Crippen molar-refractivity contribution < 1.29 is 5.11 Å². The second-order valence-electron chi connectivity index (χ2n) is 6.14. The van der Waals surface area contributed by atoms with Crippen LogP contribution in [0.15, 0.2) is 0 Å². The summed E-state index contributed by atoms with van der Waals surface area (Å²) < 4.78 is 0. The van der Waals surface area contributed by atoms with Crippen molar-refractivity contribution in [2.45, 2.75) is 58.0 Å². The van der Waals surface area contributed by atoms with E-state index >= 15 is 0 Å². The summed E-state index contributed by atoms with van der Waals surface area (Å²) in [5, 5.41) is 10.7. The molecule has 2 aliphatic rings. The first-order valence-electron chi connectivity index (χ1n) is 6.45. The van der Waals surface area contributed by atoms with Gasteiger partial charge in [0.1, 0.15) is 0 Å². The number of nitrogens with two attached hydrogens (primary N) is 1. The van der Waals surface area contributed by atoms with Gasteiger partial charge in [-0.05, 0) is 37.5 Å². The lowest BCUT2D eigenvalue weighted by atomic mass is 9.54. The van der Waals surface area contributed by atoms with Crippen LogP contribution >= 0.6 is 0 Å². The Balaban J connectivity index is 2.04. The van der Waals surface area contributed by atoms with Crippen molar-refractivity contribution in [3.8, 4) is 0 Å². The fraction of sp³-hybridized carbons (Fsp3) is 1.00. The standard InChI is InChI=1S/C13H25NO/c1-10(2)11-7-13(15,8-11)12(9-14)5-3-4-6-12/h10-11,15H,3-9,14H2,1-2H3. The maximum absolute atomic E-state index is 10.7. The SMILES string of the molecule is CC(C)C1CC(O)(C2(CN)CCCC2)C1. The minimum absolute atomic E-state index is 0.0678. The molecule has 0 radical (unpaired) electrons. The van der Waals surface area contributed by atoms with Gasteiger partial charge in [0.2, 0.25) is 0 Å². The fourth-order valence-corrected chi connectivity index (χ4v) is 3.62. The van der Waals surface area contributed by atoms with Crippen LogP contribution in [0.3, 0.4) is 0 Å². The van der Waals surface area contributed by atoms with E-state index in [0.717, 1.165) is 31.6 Å². The highest BCUT2D eigenvalue weighted by atomic mass is 16.3. The minimum Gasteiger partial charge on any atom is -0.389 e. The van der Waals surface area contributed by atoms with E-state index < -0.39 is 5.60 Å². The van der Waals surface area contributed by atoms with Gasteiger partial charge >= 0.3 is 0 Å². The maximum Gasteiger partial charge on any atom is 0.0721 e. The average molecular weight is 211 g/mol. The number of rotatable bonds is 3. The van der Waals surface area contributed by atoms with Crippen molar-refractivity contribution in [3.63, 3.8) is 0 Å². The Morgan fingerprint density at radius 3 is 2.20 bits per heavy atom. The third-order valence-corrected chi connectivity index (χ3v) is 5.08. The highest BCUT2D eigenvalue weighted by Gasteiger charge is 2.57. The lowest BCUT2D eigenvalue weighted by Crippen LogP contribution is -2.59. The Labute approximate surface area is 93.2 Å². The highest BCUT2D eigenvalue weighted by molar-refractivity contribution is 5.09. The summed E-state index contributed by atoms with van der Waals surface area (Å²) in [5.41, 5.74) is 5.57. The van der Waals surface area contributed by atoms with Crippen LogP contribution in [-0.4, -0.2) is 17.3 Å². The zero-order chi connectivity index (χ0) is 11.1. The molecule has 0 aromatic heterocycles. The molecule has 2 nitrogen and oxygen atoms in total. The molecule has 3 N–H and O–H groups in total. The lowest BCUT2D eigenvalue weighted by molar-refractivity contribution is -0.171. The van der Waals surface area contributed by atoms with Crippen LogP contribution in [0.1, 0.15) is 52.4 Å². The Morgan fingerprint density at radius 2 is 1.80 bits per heavy atom. The molecule has 0 spiro atoms. The molecular formula is C13H25NO. The normalized spacial score (nSPS) is 39.4. The molecule has 0 heterocycles. The van der Waals surface area contributed by atoms with Gasteiger partial charge in [0.05, 0.1) is 5.60 Å². The van der Waals surface area contributed by atoms with Crippen LogP contribution in [0.5, 0.6) is 0 Å². The van der Waals surface area contributed by atoms with Crippen LogP contribution < -0.4 is 5.73 Å². The van der Waals surface area contributed by atoms with Crippen molar-refractivity contribution in [2.75, 3.05) is 6.54 Å². The molecule has 0 aliphatic heterocycles. The van der Waals surface area contributed by atoms with Crippen LogP contribution in [0, 0.1) is 17.3 Å². The monoisotopic (exact) mass is 211 g/mol. The van der Waals surface area contributed by atoms with E-state index in [4.69, 9.17) is 5.73 Å². The third kappa shape index (κ3) is 1.62. The Kier molecular flexibility index (Phi) is 2.85. The molecule has 0 atom stereocenters. The molecule has 0 unspecified atom stereocenters. The lowest BCUT2D eigenvalue weighted by Gasteiger charge is -2.55. The van der Waals surface area contributed by atoms with Gasteiger partial charge in [0, 0.05) is 12.0 Å². The maximum atomic E-state index is 10.7. The van der Waals surface area contributed by atoms with E-state index in [9.17, 15) is 5.11 Å². The molecule has 0 saturated heterocycles. The van der Waals surface area contributed by atoms with Gasteiger partial charge in [-0.3, -0.25) is 0 Å². The molecule has 0 aromatic rings. The van der Waals surface area contributed by atoms with E-state index in [2.05, 4.69) is 13.8 Å². The zero-order valence-electron chi connectivity index (χ0n) is 10.1. The van der Waals surface area contributed by atoms with Crippen LogP contribution in [-0.2, 0) is 0 Å². The molecule has 2 saturated carbocycles. The quantitative estimate of drug-likeness (QED) is 0.752. The van der Waals surface area contributed by atoms with E-state index in [-0.39, 0.29) is 5.41 Å². The summed E-state index contributed by atoms with van der Waals surface area (Å²) in [6, 6.07) is 0. The molecule has 88 valence electrons. The van der Waals surface area contributed by atoms with Gasteiger partial charge in [-0.1, -0.05) is 26.7 Å². The van der Waals surface area contributed by atoms with Crippen LogP contribution in [0.25, 0.3) is 0 Å². The Morgan fingerprint density at radius 1 is 1.27 bits per heavy atom. The summed E-state index contributed by atoms with van der Waals surface area (Å²) >= 11 is 0. The first-order valence-corrected chi connectivity index (χ1v) is 6.45. The molecule has 0 amide bonds. The van der Waals surface area contributed by atoms with Crippen molar-refractivity contribution in [1.82, 2.24) is 0 Å². The molecular weight excluding hydrogens is 186 g/mol. The fourth-order valence-electron chi connectivity index (χ4n) is 3.62. The van der Waals surface area contributed by atoms with Crippen LogP contribution in [0.2, 0.25) is 0 Å². The predicted octanol–water partition coefficient (Wildman–Crippen LogP) is 2.30. The van der Waals surface area contributed by atoms with Crippen molar-refractivity contribution in [3.05, 3.63) is 0 Å². The molecule has 2 fully saturated rings. The van der Waals surface area contributed by atoms with Gasteiger partial charge in [-0.2, -0.15) is 0 Å². The summed E-state index contributed by atoms with van der Waals surface area (Å²) in [7, 11) is 0. The second-order valence-corrected chi connectivity index (χ2v) is 6.14. The highest BCUT2D eigenvalue weighted by Crippen LogP contribution is 2.57. The van der Waals surface area contributed by atoms with Gasteiger partial charge < -0.3 is 10.8 Å². The average Bonchev–Trinajstić information content (AvgIpc) is 2.62. The van der Waals surface area contributed by atoms with Gasteiger partial charge in [0.15, 0.2) is 0 Å². The smallest absolute Gasteiger partial charge is 0.0721 e. The third-order valence-electron chi connectivity index (χ3n) is 5.08. The molecule has 2 rings (SSSR count). The molecule has 0 bridgehead atoms. The summed E-state index contributed by atoms with van der Waals surface area (Å²) in [5.74, 6) is 1.43. The first kappa shape index (κ1) is 11.4. The molecule has 0 aromatic carbocycles. The number of hydrogen-bond donors (Lipinski definition) is 2. The summed E-state index contributed by atoms with van der Waals surface area (Å²) in [6.07, 6.45) is 6.77. The first-order chi connectivity index (χ1) is 7.03. The van der Waals surface area contributed by atoms with E-state index in [0.29, 0.717) is 12.5 Å². The largest absolute Gasteiger partial charge is 0.389 e. The summed E-state index contributed by atoms with van der Waals surface area (Å²) in [4.78, 5) is 0. The second kappa shape index (κ2) is 3.74. The van der Waals surface area contributed by atoms with Gasteiger partial charge in [0.25, 0.3) is 0 Å². The molecule has 2 aliphatic carbocycles. The summed E-state index contributed by atoms with van der Waals surface area (Å²) in [6.45, 7) is 5.19. The van der Waals surface area contributed by atoms with Crippen molar-refractivity contribution in [1.29, 1.82) is 0 Å². The van der Waals surface area contributed by atoms with Crippen LogP contribution in [0.4, 0.5) is 0 Å². The number of hydrogen-bond acceptors (Lipinski definition) is 2. The molecule has 15 heavy (non-hydrogen) atoms. The molecule has 2 heteroatoms. The van der Waals surface area contributed by atoms with Crippen molar-refractivity contribution >= 4 is 0 Å². The minimum atomic E-state index is -0.423. The van der Waals surface area contributed by atoms with E-state index in [1.54, 1.807) is 0 Å². The van der Waals surface area contributed by atoms with E-state index in [1.165, 1.54) is 12.8 Å². The Hall–Kier alpha value is -0.0800. The number of aliphatic hydroxyl groups is 1. The Bertz CT molecular complexity index is 225. The van der Waals surface area contributed by atoms with E-state index in [1.807, 2.05) is 0 Å². The van der Waals surface area contributed by atoms with Gasteiger partial charge in [-0.25, -0.2) is 0 Å². The van der Waals surface area contributed by atoms with Crippen molar-refractivity contribution in [2.24, 2.45) is 23.0 Å². The predicted molar refractivity (Wildman–Crippen MR) is 62.5 cm³/mol. The van der Waals surface area contributed by atoms with Gasteiger partial charge in [-0.15, -0.1) is 0 Å². The zero-order valence-corrected chi connectivity index (χ0v) is 10.1.